The van der Waals surface area contributed by atoms with E-state index in [1.54, 1.807) is 0 Å². The molecule has 0 aromatic carbocycles. The molecule has 0 heteroatoms. The molecule has 0 nitrogen and oxygen atoms in total. The molecule has 0 aliphatic heterocycles. The summed E-state index contributed by atoms with van der Waals surface area (Å²) in [6.07, 6.45) is 23.4. The van der Waals surface area contributed by atoms with E-state index in [2.05, 4.69) is 76.2 Å². The molecule has 0 aliphatic rings. The van der Waals surface area contributed by atoms with Gasteiger partial charge >= 0.3 is 0 Å². The first kappa shape index (κ1) is 39.5. The van der Waals surface area contributed by atoms with Gasteiger partial charge in [0.15, 0.2) is 0 Å². The van der Waals surface area contributed by atoms with Crippen LogP contribution < -0.4 is 0 Å². The minimum Gasteiger partial charge on any atom is -0.0654 e. The van der Waals surface area contributed by atoms with Crippen LogP contribution in [0.1, 0.15) is 185 Å². The molecule has 0 fully saturated rings. The lowest BCUT2D eigenvalue weighted by Crippen LogP contribution is -1.83. The average Bonchev–Trinajstić information content (AvgIpc) is 2.72. The number of hydrogen-bond donors (Lipinski definition) is 0. The number of hydrogen-bond acceptors (Lipinski definition) is 0. The van der Waals surface area contributed by atoms with Crippen molar-refractivity contribution in [1.29, 1.82) is 0 Å². The number of rotatable bonds is 13. The number of unbranched alkanes of at least 4 members (excludes halogenated alkanes) is 11. The van der Waals surface area contributed by atoms with E-state index in [1.807, 2.05) is 0 Å². The molecule has 0 rings (SSSR count). The SMILES string of the molecule is CCCCC.CCCCC.CCCCC(C)C.CCCCCC.CCCCCC. The Kier molecular flexibility index (Phi) is 69.5. The summed E-state index contributed by atoms with van der Waals surface area (Å²) >= 11 is 0. The van der Waals surface area contributed by atoms with Crippen molar-refractivity contribution in [1.82, 2.24) is 0 Å². The molecule has 0 unspecified atom stereocenters. The summed E-state index contributed by atoms with van der Waals surface area (Å²) in [5, 5.41) is 0. The van der Waals surface area contributed by atoms with Crippen LogP contribution >= 0.6 is 0 Å². The van der Waals surface area contributed by atoms with Gasteiger partial charge in [0.2, 0.25) is 0 Å². The quantitative estimate of drug-likeness (QED) is 0.262. The fourth-order valence-electron chi connectivity index (χ4n) is 2.32. The Balaban J connectivity index is -0.0000000833. The fraction of sp³-hybridized carbons (Fsp3) is 1.00. The van der Waals surface area contributed by atoms with E-state index in [0.717, 1.165) is 5.92 Å². The Bertz CT molecular complexity index is 145. The zero-order valence-corrected chi connectivity index (χ0v) is 23.6. The van der Waals surface area contributed by atoms with Crippen molar-refractivity contribution in [2.75, 3.05) is 0 Å². The van der Waals surface area contributed by atoms with E-state index in [4.69, 9.17) is 0 Å². The lowest BCUT2D eigenvalue weighted by atomic mass is 10.1. The maximum absolute atomic E-state index is 2.27. The molecule has 0 spiro atoms. The largest absolute Gasteiger partial charge is 0.0654 e. The van der Waals surface area contributed by atoms with Gasteiger partial charge in [-0.2, -0.15) is 0 Å². The maximum atomic E-state index is 2.27. The van der Waals surface area contributed by atoms with Gasteiger partial charge in [0.1, 0.15) is 0 Å². The van der Waals surface area contributed by atoms with Gasteiger partial charge in [0, 0.05) is 0 Å². The lowest BCUT2D eigenvalue weighted by molar-refractivity contribution is 0.550. The lowest BCUT2D eigenvalue weighted by Gasteiger charge is -1.98. The minimum atomic E-state index is 0.903. The summed E-state index contributed by atoms with van der Waals surface area (Å²) in [6.45, 7) is 24.6. The predicted molar refractivity (Wildman–Crippen MR) is 144 cm³/mol. The summed E-state index contributed by atoms with van der Waals surface area (Å²) in [5.41, 5.74) is 0. The van der Waals surface area contributed by atoms with Crippen molar-refractivity contribution in [2.45, 2.75) is 185 Å². The molecule has 29 heavy (non-hydrogen) atoms. The van der Waals surface area contributed by atoms with Gasteiger partial charge in [-0.25, -0.2) is 0 Å². The zero-order chi connectivity index (χ0) is 23.6. The highest BCUT2D eigenvalue weighted by atomic mass is 13.9. The van der Waals surface area contributed by atoms with Gasteiger partial charge < -0.3 is 0 Å². The molecule has 0 saturated carbocycles. The first-order valence-electron chi connectivity index (χ1n) is 13.9. The van der Waals surface area contributed by atoms with Crippen LogP contribution in [-0.4, -0.2) is 0 Å². The summed E-state index contributed by atoms with van der Waals surface area (Å²) in [5.74, 6) is 0.903. The van der Waals surface area contributed by atoms with Crippen LogP contribution in [0, 0.1) is 5.92 Å². The molecule has 0 aliphatic carbocycles. The van der Waals surface area contributed by atoms with Gasteiger partial charge in [0.25, 0.3) is 0 Å². The molecule has 0 saturated heterocycles. The average molecular weight is 417 g/mol. The summed E-state index contributed by atoms with van der Waals surface area (Å²) < 4.78 is 0. The molecule has 184 valence electrons. The Morgan fingerprint density at radius 2 is 0.517 bits per heavy atom. The third-order valence-corrected chi connectivity index (χ3v) is 4.46. The van der Waals surface area contributed by atoms with Gasteiger partial charge in [-0.3, -0.25) is 0 Å². The van der Waals surface area contributed by atoms with Crippen molar-refractivity contribution in [3.8, 4) is 0 Å². The summed E-state index contributed by atoms with van der Waals surface area (Å²) in [6, 6.07) is 0. The smallest absolute Gasteiger partial charge is 0.0471 e. The molecule has 0 heterocycles. The van der Waals surface area contributed by atoms with Crippen LogP contribution in [-0.2, 0) is 0 Å². The molecular weight excluding hydrogens is 348 g/mol. The molecule has 0 amide bonds. The second-order valence-corrected chi connectivity index (χ2v) is 8.66. The molecule has 0 bridgehead atoms. The topological polar surface area (TPSA) is 0 Å². The third-order valence-electron chi connectivity index (χ3n) is 4.46. The zero-order valence-electron chi connectivity index (χ0n) is 23.6. The van der Waals surface area contributed by atoms with E-state index < -0.39 is 0 Å². The molecule has 0 N–H and O–H groups in total. The van der Waals surface area contributed by atoms with Crippen LogP contribution in [0.25, 0.3) is 0 Å². The fourth-order valence-corrected chi connectivity index (χ4v) is 2.32. The summed E-state index contributed by atoms with van der Waals surface area (Å²) in [4.78, 5) is 0. The van der Waals surface area contributed by atoms with E-state index in [-0.39, 0.29) is 0 Å². The minimum absolute atomic E-state index is 0.903. The molecule has 0 aromatic heterocycles. The van der Waals surface area contributed by atoms with Crippen molar-refractivity contribution < 1.29 is 0 Å². The third kappa shape index (κ3) is 96.6. The van der Waals surface area contributed by atoms with Crippen LogP contribution in [0.15, 0.2) is 0 Å². The highest BCUT2D eigenvalue weighted by Gasteiger charge is 1.88. The van der Waals surface area contributed by atoms with Crippen molar-refractivity contribution in [3.05, 3.63) is 0 Å². The Hall–Kier alpha value is 0. The summed E-state index contributed by atoms with van der Waals surface area (Å²) in [7, 11) is 0. The van der Waals surface area contributed by atoms with Crippen LogP contribution in [0.5, 0.6) is 0 Å². The van der Waals surface area contributed by atoms with Crippen molar-refractivity contribution in [2.24, 2.45) is 5.92 Å². The van der Waals surface area contributed by atoms with Gasteiger partial charge in [-0.1, -0.05) is 185 Å². The van der Waals surface area contributed by atoms with Crippen LogP contribution in [0.3, 0.4) is 0 Å². The van der Waals surface area contributed by atoms with E-state index >= 15 is 0 Å². The Labute approximate surface area is 191 Å². The highest BCUT2D eigenvalue weighted by molar-refractivity contribution is 4.42. The molecular formula is C29H68. The van der Waals surface area contributed by atoms with E-state index in [0.29, 0.717) is 0 Å². The predicted octanol–water partition coefficient (Wildman–Crippen LogP) is 12.4. The Morgan fingerprint density at radius 3 is 0.586 bits per heavy atom. The normalized spacial score (nSPS) is 9.10. The van der Waals surface area contributed by atoms with Crippen molar-refractivity contribution >= 4 is 0 Å². The molecule has 0 radical (unpaired) electrons. The second kappa shape index (κ2) is 51.0. The standard InChI is InChI=1S/C7H16.2C6H14.2C5H12/c1-4-5-6-7(2)3;2*1-3-5-6-4-2;2*1-3-5-4-2/h7H,4-6H2,1-3H3;2*3-6H2,1-2H3;2*3-5H2,1-2H3. The van der Waals surface area contributed by atoms with Crippen LogP contribution in [0.2, 0.25) is 0 Å². The van der Waals surface area contributed by atoms with Gasteiger partial charge in [-0.15, -0.1) is 0 Å². The van der Waals surface area contributed by atoms with Crippen molar-refractivity contribution in [3.63, 3.8) is 0 Å². The van der Waals surface area contributed by atoms with Gasteiger partial charge in [0.05, 0.1) is 0 Å². The first-order valence-corrected chi connectivity index (χ1v) is 13.9. The first-order chi connectivity index (χ1) is 13.9. The molecule has 0 atom stereocenters. The van der Waals surface area contributed by atoms with E-state index in [1.165, 1.54) is 109 Å². The monoisotopic (exact) mass is 417 g/mol. The highest BCUT2D eigenvalue weighted by Crippen LogP contribution is 2.04. The Morgan fingerprint density at radius 1 is 0.310 bits per heavy atom. The van der Waals surface area contributed by atoms with Gasteiger partial charge in [-0.05, 0) is 5.92 Å². The maximum Gasteiger partial charge on any atom is -0.0471 e. The molecule has 0 aromatic rings. The van der Waals surface area contributed by atoms with E-state index in [9.17, 15) is 0 Å². The second-order valence-electron chi connectivity index (χ2n) is 8.66. The van der Waals surface area contributed by atoms with Crippen LogP contribution in [0.4, 0.5) is 0 Å².